The number of nitrogens with one attached hydrogen (secondary N) is 1. The Morgan fingerprint density at radius 2 is 1.72 bits per heavy atom. The molecule has 1 heterocycles. The van der Waals surface area contributed by atoms with Gasteiger partial charge in [0.05, 0.1) is 6.54 Å². The molecule has 2 N–H and O–H groups in total. The molecule has 1 aliphatic carbocycles. The first-order valence-electron chi connectivity index (χ1n) is 6.36. The third kappa shape index (κ3) is 2.47. The van der Waals surface area contributed by atoms with Crippen LogP contribution in [0.25, 0.3) is 0 Å². The van der Waals surface area contributed by atoms with Gasteiger partial charge in [-0.1, -0.05) is 0 Å². The minimum absolute atomic E-state index is 0.0894. The summed E-state index contributed by atoms with van der Waals surface area (Å²) in [5, 5.41) is 11.4. The van der Waals surface area contributed by atoms with Gasteiger partial charge in [-0.05, 0) is 32.1 Å². The summed E-state index contributed by atoms with van der Waals surface area (Å²) in [5.74, 6) is -1.74. The van der Waals surface area contributed by atoms with E-state index in [1.54, 1.807) is 4.90 Å². The Kier molecular flexibility index (Phi) is 3.54. The molecule has 1 saturated carbocycles. The summed E-state index contributed by atoms with van der Waals surface area (Å²) in [5.41, 5.74) is -1.26. The monoisotopic (exact) mass is 254 g/mol. The van der Waals surface area contributed by atoms with Crippen molar-refractivity contribution >= 4 is 17.8 Å². The van der Waals surface area contributed by atoms with Crippen LogP contribution in [0.4, 0.5) is 0 Å². The summed E-state index contributed by atoms with van der Waals surface area (Å²) < 4.78 is 0. The van der Waals surface area contributed by atoms with Gasteiger partial charge in [-0.25, -0.2) is 0 Å². The number of aliphatic carboxylic acids is 1. The van der Waals surface area contributed by atoms with Gasteiger partial charge in [-0.15, -0.1) is 0 Å². The van der Waals surface area contributed by atoms with Crippen molar-refractivity contribution in [2.45, 2.75) is 32.1 Å². The molecule has 1 aliphatic heterocycles. The molecule has 6 heteroatoms. The van der Waals surface area contributed by atoms with Crippen LogP contribution in [0, 0.1) is 5.41 Å². The summed E-state index contributed by atoms with van der Waals surface area (Å²) in [6.45, 7) is 1.38. The third-order valence-electron chi connectivity index (χ3n) is 3.70. The first-order chi connectivity index (χ1) is 8.56. The van der Waals surface area contributed by atoms with Crippen molar-refractivity contribution < 1.29 is 19.5 Å². The maximum Gasteiger partial charge on any atom is 0.319 e. The van der Waals surface area contributed by atoms with Crippen LogP contribution < -0.4 is 5.32 Å². The predicted molar refractivity (Wildman–Crippen MR) is 62.7 cm³/mol. The van der Waals surface area contributed by atoms with Gasteiger partial charge >= 0.3 is 5.97 Å². The SMILES string of the molecule is O=C(CNC(=O)C1(C(=O)O)CC1)N1CCCCC1. The highest BCUT2D eigenvalue weighted by Crippen LogP contribution is 2.45. The van der Waals surface area contributed by atoms with Gasteiger partial charge in [0.15, 0.2) is 0 Å². The van der Waals surface area contributed by atoms with E-state index in [-0.39, 0.29) is 12.5 Å². The number of piperidine rings is 1. The van der Waals surface area contributed by atoms with Crippen molar-refractivity contribution in [2.24, 2.45) is 5.41 Å². The van der Waals surface area contributed by atoms with E-state index in [4.69, 9.17) is 5.11 Å². The Balaban J connectivity index is 1.79. The van der Waals surface area contributed by atoms with Crippen LogP contribution in [0.1, 0.15) is 32.1 Å². The Labute approximate surface area is 105 Å². The summed E-state index contributed by atoms with van der Waals surface area (Å²) in [4.78, 5) is 36.1. The quantitative estimate of drug-likeness (QED) is 0.690. The van der Waals surface area contributed by atoms with E-state index in [0.717, 1.165) is 32.4 Å². The fourth-order valence-electron chi connectivity index (χ4n) is 2.24. The lowest BCUT2D eigenvalue weighted by atomic mass is 10.1. The maximum atomic E-state index is 11.8. The molecule has 2 aliphatic rings. The van der Waals surface area contributed by atoms with Crippen molar-refractivity contribution in [3.8, 4) is 0 Å². The van der Waals surface area contributed by atoms with Crippen molar-refractivity contribution in [1.29, 1.82) is 0 Å². The molecule has 0 aromatic rings. The number of hydrogen-bond acceptors (Lipinski definition) is 3. The summed E-state index contributed by atoms with van der Waals surface area (Å²) >= 11 is 0. The smallest absolute Gasteiger partial charge is 0.319 e. The molecule has 2 amide bonds. The Hall–Kier alpha value is -1.59. The molecule has 0 bridgehead atoms. The van der Waals surface area contributed by atoms with E-state index in [0.29, 0.717) is 12.8 Å². The Morgan fingerprint density at radius 1 is 1.11 bits per heavy atom. The number of hydrogen-bond donors (Lipinski definition) is 2. The first kappa shape index (κ1) is 12.9. The molecule has 100 valence electrons. The third-order valence-corrected chi connectivity index (χ3v) is 3.70. The van der Waals surface area contributed by atoms with Crippen molar-refractivity contribution in [2.75, 3.05) is 19.6 Å². The first-order valence-corrected chi connectivity index (χ1v) is 6.36. The highest BCUT2D eigenvalue weighted by Gasteiger charge is 2.57. The number of carbonyl (C=O) groups excluding carboxylic acids is 2. The Morgan fingerprint density at radius 3 is 2.22 bits per heavy atom. The zero-order valence-electron chi connectivity index (χ0n) is 10.3. The number of amides is 2. The predicted octanol–water partition coefficient (Wildman–Crippen LogP) is -0.0201. The standard InChI is InChI=1S/C12H18N2O4/c15-9(14-6-2-1-3-7-14)8-13-10(16)12(4-5-12)11(17)18/h1-8H2,(H,13,16)(H,17,18). The maximum absolute atomic E-state index is 11.8. The highest BCUT2D eigenvalue weighted by molar-refractivity contribution is 6.05. The number of carbonyl (C=O) groups is 3. The van der Waals surface area contributed by atoms with E-state index in [2.05, 4.69) is 5.32 Å². The van der Waals surface area contributed by atoms with Crippen LogP contribution >= 0.6 is 0 Å². The van der Waals surface area contributed by atoms with Gasteiger partial charge in [0.2, 0.25) is 11.8 Å². The van der Waals surface area contributed by atoms with Gasteiger partial charge in [0.25, 0.3) is 0 Å². The van der Waals surface area contributed by atoms with E-state index >= 15 is 0 Å². The molecule has 0 unspecified atom stereocenters. The molecule has 0 aromatic carbocycles. The normalized spacial score (nSPS) is 21.2. The summed E-state index contributed by atoms with van der Waals surface area (Å²) in [6, 6.07) is 0. The highest BCUT2D eigenvalue weighted by atomic mass is 16.4. The van der Waals surface area contributed by atoms with Crippen LogP contribution in [0.3, 0.4) is 0 Å². The van der Waals surface area contributed by atoms with E-state index in [1.165, 1.54) is 0 Å². The van der Waals surface area contributed by atoms with Crippen LogP contribution in [-0.2, 0) is 14.4 Å². The molecule has 6 nitrogen and oxygen atoms in total. The second-order valence-electron chi connectivity index (χ2n) is 5.01. The lowest BCUT2D eigenvalue weighted by Crippen LogP contribution is -2.45. The van der Waals surface area contributed by atoms with Gasteiger partial charge in [-0.3, -0.25) is 14.4 Å². The molecule has 0 atom stereocenters. The summed E-state index contributed by atoms with van der Waals surface area (Å²) in [7, 11) is 0. The largest absolute Gasteiger partial charge is 0.480 e. The molecule has 0 aromatic heterocycles. The van der Waals surface area contributed by atoms with Gasteiger partial charge < -0.3 is 15.3 Å². The van der Waals surface area contributed by atoms with Gasteiger partial charge in [-0.2, -0.15) is 0 Å². The lowest BCUT2D eigenvalue weighted by molar-refractivity contribution is -0.149. The fourth-order valence-corrected chi connectivity index (χ4v) is 2.24. The Bertz CT molecular complexity index is 370. The number of nitrogens with zero attached hydrogens (tertiary/aromatic N) is 1. The van der Waals surface area contributed by atoms with Crippen LogP contribution in [-0.4, -0.2) is 47.4 Å². The second-order valence-corrected chi connectivity index (χ2v) is 5.01. The van der Waals surface area contributed by atoms with Crippen molar-refractivity contribution in [3.63, 3.8) is 0 Å². The van der Waals surface area contributed by atoms with Gasteiger partial charge in [0, 0.05) is 13.1 Å². The van der Waals surface area contributed by atoms with Crippen LogP contribution in [0.15, 0.2) is 0 Å². The molecule has 18 heavy (non-hydrogen) atoms. The number of likely N-dealkylation sites (tertiary alicyclic amines) is 1. The number of rotatable bonds is 4. The van der Waals surface area contributed by atoms with Crippen molar-refractivity contribution in [3.05, 3.63) is 0 Å². The fraction of sp³-hybridized carbons (Fsp3) is 0.750. The van der Waals surface area contributed by atoms with E-state index < -0.39 is 17.3 Å². The molecular formula is C12H18N2O4. The molecule has 2 rings (SSSR count). The van der Waals surface area contributed by atoms with Crippen LogP contribution in [0.5, 0.6) is 0 Å². The average molecular weight is 254 g/mol. The second kappa shape index (κ2) is 4.96. The number of carboxylic acid groups (broad SMARTS) is 1. The number of carboxylic acids is 1. The molecule has 0 spiro atoms. The topological polar surface area (TPSA) is 86.7 Å². The van der Waals surface area contributed by atoms with E-state index in [9.17, 15) is 14.4 Å². The average Bonchev–Trinajstić information content (AvgIpc) is 3.18. The minimum Gasteiger partial charge on any atom is -0.480 e. The summed E-state index contributed by atoms with van der Waals surface area (Å²) in [6.07, 6.45) is 3.87. The zero-order chi connectivity index (χ0) is 13.2. The zero-order valence-corrected chi connectivity index (χ0v) is 10.3. The molecule has 2 fully saturated rings. The molecular weight excluding hydrogens is 236 g/mol. The molecule has 1 saturated heterocycles. The molecule has 0 radical (unpaired) electrons. The lowest BCUT2D eigenvalue weighted by Gasteiger charge is -2.26. The minimum atomic E-state index is -1.26. The van der Waals surface area contributed by atoms with Crippen molar-refractivity contribution in [1.82, 2.24) is 10.2 Å². The van der Waals surface area contributed by atoms with E-state index in [1.807, 2.05) is 0 Å². The van der Waals surface area contributed by atoms with Gasteiger partial charge in [0.1, 0.15) is 5.41 Å². The van der Waals surface area contributed by atoms with Crippen LogP contribution in [0.2, 0.25) is 0 Å².